The number of nitro benzene ring substituents is 1. The first-order chi connectivity index (χ1) is 17.0. The van der Waals surface area contributed by atoms with Crippen LogP contribution in [0, 0.1) is 22.0 Å². The highest BCUT2D eigenvalue weighted by Crippen LogP contribution is 2.53. The average Bonchev–Trinajstić information content (AvgIpc) is 3.36. The first kappa shape index (κ1) is 21.7. The second-order valence-electron chi connectivity index (χ2n) is 9.84. The van der Waals surface area contributed by atoms with Crippen LogP contribution in [0.3, 0.4) is 0 Å². The van der Waals surface area contributed by atoms with Gasteiger partial charge in [0.2, 0.25) is 11.8 Å². The first-order valence-corrected chi connectivity index (χ1v) is 12.2. The zero-order chi connectivity index (χ0) is 24.3. The number of nitrogens with zero attached hydrogens (tertiary/aromatic N) is 3. The molecule has 4 aliphatic rings. The number of hydrogen-bond acceptors (Lipinski definition) is 6. The van der Waals surface area contributed by atoms with E-state index in [0.717, 1.165) is 43.2 Å². The molecule has 3 heterocycles. The lowest BCUT2D eigenvalue weighted by Gasteiger charge is -2.37. The summed E-state index contributed by atoms with van der Waals surface area (Å²) >= 11 is 0. The Morgan fingerprint density at radius 1 is 0.914 bits per heavy atom. The molecule has 1 aliphatic carbocycles. The van der Waals surface area contributed by atoms with Gasteiger partial charge in [-0.2, -0.15) is 0 Å². The van der Waals surface area contributed by atoms with E-state index < -0.39 is 28.8 Å². The summed E-state index contributed by atoms with van der Waals surface area (Å²) in [5.74, 6) is -2.15. The van der Waals surface area contributed by atoms with Crippen LogP contribution < -0.4 is 0 Å². The van der Waals surface area contributed by atoms with Gasteiger partial charge in [0.05, 0.1) is 22.8 Å². The van der Waals surface area contributed by atoms with Crippen molar-refractivity contribution < 1.29 is 19.3 Å². The lowest BCUT2D eigenvalue weighted by atomic mass is 9.83. The molecule has 2 saturated heterocycles. The molecule has 8 heteroatoms. The molecule has 2 amide bonds. The molecule has 8 nitrogen and oxygen atoms in total. The van der Waals surface area contributed by atoms with Gasteiger partial charge in [0.15, 0.2) is 5.78 Å². The zero-order valence-electron chi connectivity index (χ0n) is 19.1. The van der Waals surface area contributed by atoms with E-state index in [1.54, 1.807) is 0 Å². The van der Waals surface area contributed by atoms with Crippen LogP contribution in [0.1, 0.15) is 59.6 Å². The Kier molecular flexibility index (Phi) is 5.05. The van der Waals surface area contributed by atoms with Crippen LogP contribution in [0.4, 0.5) is 5.69 Å². The summed E-state index contributed by atoms with van der Waals surface area (Å²) in [6.07, 6.45) is 8.44. The number of Topliss-reactive ketones (excluding diaryl/α,β-unsaturated/α-hetero) is 1. The van der Waals surface area contributed by atoms with Gasteiger partial charge in [0, 0.05) is 29.9 Å². The van der Waals surface area contributed by atoms with Crippen molar-refractivity contribution >= 4 is 29.4 Å². The highest BCUT2D eigenvalue weighted by Gasteiger charge is 2.65. The quantitative estimate of drug-likeness (QED) is 0.288. The van der Waals surface area contributed by atoms with Gasteiger partial charge in [-0.1, -0.05) is 43.5 Å². The van der Waals surface area contributed by atoms with Crippen molar-refractivity contribution in [3.05, 3.63) is 81.5 Å². The predicted molar refractivity (Wildman–Crippen MR) is 127 cm³/mol. The van der Waals surface area contributed by atoms with Crippen molar-refractivity contribution in [2.75, 3.05) is 0 Å². The number of rotatable bonds is 4. The van der Waals surface area contributed by atoms with Gasteiger partial charge in [-0.15, -0.1) is 0 Å². The molecule has 0 N–H and O–H groups in total. The third kappa shape index (κ3) is 3.23. The highest BCUT2D eigenvalue weighted by molar-refractivity contribution is 6.12. The molecule has 3 fully saturated rings. The Hall–Kier alpha value is -3.81. The predicted octanol–water partition coefficient (Wildman–Crippen LogP) is 4.12. The van der Waals surface area contributed by atoms with Gasteiger partial charge >= 0.3 is 0 Å². The van der Waals surface area contributed by atoms with Gasteiger partial charge in [0.25, 0.3) is 5.69 Å². The molecule has 0 bridgehead atoms. The zero-order valence-corrected chi connectivity index (χ0v) is 19.1. The van der Waals surface area contributed by atoms with Gasteiger partial charge in [-0.25, -0.2) is 0 Å². The molecule has 6 rings (SSSR count). The number of benzene rings is 2. The van der Waals surface area contributed by atoms with Crippen molar-refractivity contribution in [2.45, 2.75) is 50.2 Å². The number of carbonyl (C=O) groups excluding carboxylic acids is 3. The number of fused-ring (bicyclic) bond motifs is 5. The fourth-order valence-corrected chi connectivity index (χ4v) is 6.50. The van der Waals surface area contributed by atoms with E-state index in [1.165, 1.54) is 29.2 Å². The van der Waals surface area contributed by atoms with Crippen molar-refractivity contribution in [2.24, 2.45) is 11.8 Å². The number of imide groups is 1. The van der Waals surface area contributed by atoms with E-state index in [4.69, 9.17) is 0 Å². The number of nitro groups is 1. The second kappa shape index (κ2) is 8.15. The first-order valence-electron chi connectivity index (χ1n) is 12.2. The lowest BCUT2D eigenvalue weighted by molar-refractivity contribution is -0.384. The molecule has 0 aromatic heterocycles. The summed E-state index contributed by atoms with van der Waals surface area (Å²) in [6.45, 7) is 0. The molecule has 178 valence electrons. The van der Waals surface area contributed by atoms with Crippen LogP contribution >= 0.6 is 0 Å². The minimum Gasteiger partial charge on any atom is -0.358 e. The van der Waals surface area contributed by atoms with Crippen LogP contribution in [0.25, 0.3) is 6.08 Å². The molecular weight excluding hydrogens is 446 g/mol. The smallest absolute Gasteiger partial charge is 0.269 e. The monoisotopic (exact) mass is 471 g/mol. The average molecular weight is 472 g/mol. The van der Waals surface area contributed by atoms with E-state index in [9.17, 15) is 24.5 Å². The molecule has 3 aliphatic heterocycles. The number of amides is 2. The summed E-state index contributed by atoms with van der Waals surface area (Å²) in [6, 6.07) is 11.9. The summed E-state index contributed by atoms with van der Waals surface area (Å²) in [4.78, 5) is 55.5. The van der Waals surface area contributed by atoms with Crippen LogP contribution in [-0.4, -0.2) is 44.4 Å². The number of non-ortho nitro benzene ring substituents is 1. The van der Waals surface area contributed by atoms with Gasteiger partial charge in [-0.3, -0.25) is 29.4 Å². The fourth-order valence-electron chi connectivity index (χ4n) is 6.50. The van der Waals surface area contributed by atoms with Crippen molar-refractivity contribution in [3.63, 3.8) is 0 Å². The fraction of sp³-hybridized carbons (Fsp3) is 0.370. The maximum absolute atomic E-state index is 13.9. The van der Waals surface area contributed by atoms with Crippen molar-refractivity contribution in [1.82, 2.24) is 9.80 Å². The summed E-state index contributed by atoms with van der Waals surface area (Å²) in [5.41, 5.74) is 2.11. The third-order valence-electron chi connectivity index (χ3n) is 8.07. The normalized spacial score (nSPS) is 27.5. The van der Waals surface area contributed by atoms with Crippen LogP contribution in [0.5, 0.6) is 0 Å². The Balaban J connectivity index is 1.43. The van der Waals surface area contributed by atoms with E-state index >= 15 is 0 Å². The number of likely N-dealkylation sites (tertiary alicyclic amines) is 1. The van der Waals surface area contributed by atoms with Crippen LogP contribution in [0.2, 0.25) is 0 Å². The van der Waals surface area contributed by atoms with E-state index in [0.29, 0.717) is 5.56 Å². The Labute approximate surface area is 202 Å². The standard InChI is InChI=1S/C27H25N3O5/c31-25(17-10-12-19(13-11-17)30(34)35)24-22-21(23-20-9-5-4-6-16(20)14-15-28(23)24)26(32)29(27(22)33)18-7-2-1-3-8-18/h4-6,9-15,18,21-24H,1-3,7-8H2/t21-,22+,23-,24-/m0/s1. The Morgan fingerprint density at radius 3 is 2.31 bits per heavy atom. The molecule has 1 saturated carbocycles. The number of hydrogen-bond donors (Lipinski definition) is 0. The van der Waals surface area contributed by atoms with E-state index in [-0.39, 0.29) is 29.3 Å². The molecule has 0 unspecified atom stereocenters. The minimum atomic E-state index is -0.846. The van der Waals surface area contributed by atoms with Crippen molar-refractivity contribution in [1.29, 1.82) is 0 Å². The molecule has 0 radical (unpaired) electrons. The summed E-state index contributed by atoms with van der Waals surface area (Å²) in [5, 5.41) is 11.1. The molecule has 2 aromatic carbocycles. The maximum atomic E-state index is 13.9. The van der Waals surface area contributed by atoms with Gasteiger partial charge in [0.1, 0.15) is 6.04 Å². The number of carbonyl (C=O) groups is 3. The van der Waals surface area contributed by atoms with E-state index in [1.807, 2.05) is 41.4 Å². The largest absolute Gasteiger partial charge is 0.358 e. The Morgan fingerprint density at radius 2 is 1.60 bits per heavy atom. The maximum Gasteiger partial charge on any atom is 0.269 e. The second-order valence-corrected chi connectivity index (χ2v) is 9.84. The lowest BCUT2D eigenvalue weighted by Crippen LogP contribution is -2.47. The number of ketones is 1. The molecular formula is C27H25N3O5. The third-order valence-corrected chi connectivity index (χ3v) is 8.07. The Bertz CT molecular complexity index is 1260. The molecule has 2 aromatic rings. The topological polar surface area (TPSA) is 101 Å². The molecule has 0 spiro atoms. The van der Waals surface area contributed by atoms with E-state index in [2.05, 4.69) is 0 Å². The minimum absolute atomic E-state index is 0.104. The highest BCUT2D eigenvalue weighted by atomic mass is 16.6. The summed E-state index contributed by atoms with van der Waals surface area (Å²) in [7, 11) is 0. The van der Waals surface area contributed by atoms with Crippen LogP contribution in [-0.2, 0) is 9.59 Å². The van der Waals surface area contributed by atoms with Crippen molar-refractivity contribution in [3.8, 4) is 0 Å². The van der Waals surface area contributed by atoms with Gasteiger partial charge in [-0.05, 0) is 42.2 Å². The van der Waals surface area contributed by atoms with Gasteiger partial charge < -0.3 is 4.90 Å². The van der Waals surface area contributed by atoms with Crippen LogP contribution in [0.15, 0.2) is 54.7 Å². The SMILES string of the molecule is O=C(c1ccc([N+](=O)[O-])cc1)[C@@H]1[C@@H]2C(=O)N(C3CCCCC3)C(=O)[C@@H]2[C@@H]2c3ccccc3C=CN12. The summed E-state index contributed by atoms with van der Waals surface area (Å²) < 4.78 is 0. The molecule has 35 heavy (non-hydrogen) atoms. The molecule has 4 atom stereocenters.